The molecule has 118 valence electrons. The Balaban J connectivity index is 2.55. The second-order valence-corrected chi connectivity index (χ2v) is 7.02. The smallest absolute Gasteiger partial charge is 0.335 e. The summed E-state index contributed by atoms with van der Waals surface area (Å²) in [5.74, 6) is -0.226. The molecule has 1 aliphatic rings. The molecule has 4 nitrogen and oxygen atoms in total. The van der Waals surface area contributed by atoms with Gasteiger partial charge in [0, 0.05) is 13.2 Å². The Hall–Kier alpha value is -0.610. The number of esters is 1. The lowest BCUT2D eigenvalue weighted by Crippen LogP contribution is -2.35. The highest BCUT2D eigenvalue weighted by Crippen LogP contribution is 2.25. The molecule has 1 atom stereocenters. The molecule has 1 saturated heterocycles. The monoisotopic (exact) mass is 286 g/mol. The van der Waals surface area contributed by atoms with Gasteiger partial charge in [-0.2, -0.15) is 0 Å². The van der Waals surface area contributed by atoms with E-state index in [1.165, 1.54) is 0 Å². The van der Waals surface area contributed by atoms with Crippen LogP contribution in [0.3, 0.4) is 0 Å². The molecule has 0 aliphatic carbocycles. The van der Waals surface area contributed by atoms with Crippen LogP contribution >= 0.6 is 0 Å². The summed E-state index contributed by atoms with van der Waals surface area (Å²) in [4.78, 5) is 12.2. The number of ether oxygens (including phenoxy) is 3. The fourth-order valence-corrected chi connectivity index (χ4v) is 2.16. The molecule has 1 fully saturated rings. The van der Waals surface area contributed by atoms with Crippen molar-refractivity contribution in [1.82, 2.24) is 0 Å². The number of carbonyl (C=O) groups excluding carboxylic acids is 1. The van der Waals surface area contributed by atoms with E-state index in [9.17, 15) is 4.79 Å². The van der Waals surface area contributed by atoms with Gasteiger partial charge >= 0.3 is 5.97 Å². The third-order valence-corrected chi connectivity index (χ3v) is 3.30. The van der Waals surface area contributed by atoms with E-state index in [0.717, 1.165) is 32.5 Å². The van der Waals surface area contributed by atoms with Gasteiger partial charge in [-0.1, -0.05) is 20.8 Å². The molecule has 0 spiro atoms. The van der Waals surface area contributed by atoms with Crippen LogP contribution in [0, 0.1) is 5.41 Å². The van der Waals surface area contributed by atoms with Crippen molar-refractivity contribution in [3.63, 3.8) is 0 Å². The molecule has 1 rings (SSSR count). The summed E-state index contributed by atoms with van der Waals surface area (Å²) >= 11 is 0. The minimum atomic E-state index is -0.445. The molecule has 0 aromatic carbocycles. The van der Waals surface area contributed by atoms with E-state index in [1.54, 1.807) is 0 Å². The summed E-state index contributed by atoms with van der Waals surface area (Å²) < 4.78 is 16.6. The first-order valence-corrected chi connectivity index (χ1v) is 7.71. The Bertz CT molecular complexity index is 287. The molecule has 20 heavy (non-hydrogen) atoms. The van der Waals surface area contributed by atoms with Gasteiger partial charge in [-0.15, -0.1) is 0 Å². The van der Waals surface area contributed by atoms with Gasteiger partial charge in [0.15, 0.2) is 6.10 Å². The van der Waals surface area contributed by atoms with Crippen LogP contribution in [0.1, 0.15) is 60.3 Å². The van der Waals surface area contributed by atoms with Crippen LogP contribution in [0.2, 0.25) is 0 Å². The van der Waals surface area contributed by atoms with Gasteiger partial charge in [0.25, 0.3) is 0 Å². The molecule has 0 aromatic rings. The average molecular weight is 286 g/mol. The van der Waals surface area contributed by atoms with E-state index in [-0.39, 0.29) is 23.6 Å². The maximum Gasteiger partial charge on any atom is 0.335 e. The Morgan fingerprint density at radius 3 is 2.35 bits per heavy atom. The lowest BCUT2D eigenvalue weighted by molar-refractivity contribution is -0.169. The van der Waals surface area contributed by atoms with Gasteiger partial charge in [-0.3, -0.25) is 0 Å². The second kappa shape index (κ2) is 7.99. The van der Waals surface area contributed by atoms with Gasteiger partial charge in [-0.25, -0.2) is 4.79 Å². The SMILES string of the molecule is CC(C)OC(=O)C(CCC(C)(C)C)OC1CCOCC1. The van der Waals surface area contributed by atoms with Gasteiger partial charge in [0.05, 0.1) is 12.2 Å². The summed E-state index contributed by atoms with van der Waals surface area (Å²) in [7, 11) is 0. The van der Waals surface area contributed by atoms with Crippen molar-refractivity contribution in [3.8, 4) is 0 Å². The first-order valence-electron chi connectivity index (χ1n) is 7.71. The molecular formula is C16H30O4. The number of carbonyl (C=O) groups is 1. The van der Waals surface area contributed by atoms with Crippen LogP contribution in [0.5, 0.6) is 0 Å². The average Bonchev–Trinajstić information content (AvgIpc) is 2.33. The van der Waals surface area contributed by atoms with Crippen molar-refractivity contribution >= 4 is 5.97 Å². The van der Waals surface area contributed by atoms with Crippen molar-refractivity contribution in [2.45, 2.75) is 78.6 Å². The molecule has 1 heterocycles. The van der Waals surface area contributed by atoms with E-state index >= 15 is 0 Å². The lowest BCUT2D eigenvalue weighted by Gasteiger charge is -2.29. The maximum atomic E-state index is 12.2. The quantitative estimate of drug-likeness (QED) is 0.703. The Labute approximate surface area is 123 Å². The molecule has 1 unspecified atom stereocenters. The molecule has 0 amide bonds. The molecular weight excluding hydrogens is 256 g/mol. The van der Waals surface area contributed by atoms with Crippen LogP contribution in [-0.4, -0.2) is 37.5 Å². The van der Waals surface area contributed by atoms with Crippen molar-refractivity contribution in [3.05, 3.63) is 0 Å². The van der Waals surface area contributed by atoms with Crippen LogP contribution in [0.15, 0.2) is 0 Å². The minimum absolute atomic E-state index is 0.0991. The maximum absolute atomic E-state index is 12.2. The normalized spacial score (nSPS) is 19.1. The first-order chi connectivity index (χ1) is 9.28. The second-order valence-electron chi connectivity index (χ2n) is 7.02. The molecule has 0 bridgehead atoms. The summed E-state index contributed by atoms with van der Waals surface area (Å²) in [6.07, 6.45) is 2.95. The predicted octanol–water partition coefficient (Wildman–Crippen LogP) is 3.33. The van der Waals surface area contributed by atoms with E-state index in [0.29, 0.717) is 6.42 Å². The van der Waals surface area contributed by atoms with Gasteiger partial charge < -0.3 is 14.2 Å². The Morgan fingerprint density at radius 2 is 1.85 bits per heavy atom. The molecule has 1 aliphatic heterocycles. The van der Waals surface area contributed by atoms with Crippen molar-refractivity contribution in [2.24, 2.45) is 5.41 Å². The van der Waals surface area contributed by atoms with Gasteiger partial charge in [-0.05, 0) is 44.9 Å². The number of rotatable bonds is 6. The van der Waals surface area contributed by atoms with E-state index in [4.69, 9.17) is 14.2 Å². The highest BCUT2D eigenvalue weighted by molar-refractivity contribution is 5.74. The van der Waals surface area contributed by atoms with Crippen LogP contribution < -0.4 is 0 Å². The van der Waals surface area contributed by atoms with Crippen LogP contribution in [0.25, 0.3) is 0 Å². The standard InChI is InChI=1S/C16H30O4/c1-12(2)19-15(17)14(6-9-16(3,4)5)20-13-7-10-18-11-8-13/h12-14H,6-11H2,1-5H3. The van der Waals surface area contributed by atoms with Crippen molar-refractivity contribution < 1.29 is 19.0 Å². The Kier molecular flexibility index (Phi) is 6.96. The highest BCUT2D eigenvalue weighted by atomic mass is 16.6. The summed E-state index contributed by atoms with van der Waals surface area (Å²) in [5, 5.41) is 0. The van der Waals surface area contributed by atoms with Crippen LogP contribution in [0.4, 0.5) is 0 Å². The van der Waals surface area contributed by atoms with E-state index in [1.807, 2.05) is 13.8 Å². The fourth-order valence-electron chi connectivity index (χ4n) is 2.16. The Morgan fingerprint density at radius 1 is 1.25 bits per heavy atom. The number of hydrogen-bond donors (Lipinski definition) is 0. The zero-order valence-electron chi connectivity index (χ0n) is 13.6. The fraction of sp³-hybridized carbons (Fsp3) is 0.938. The third kappa shape index (κ3) is 7.25. The molecule has 0 aromatic heterocycles. The predicted molar refractivity (Wildman–Crippen MR) is 78.6 cm³/mol. The van der Waals surface area contributed by atoms with Crippen molar-refractivity contribution in [1.29, 1.82) is 0 Å². The first kappa shape index (κ1) is 17.4. The van der Waals surface area contributed by atoms with Crippen LogP contribution in [-0.2, 0) is 19.0 Å². The van der Waals surface area contributed by atoms with Gasteiger partial charge in [0.1, 0.15) is 0 Å². The third-order valence-electron chi connectivity index (χ3n) is 3.30. The van der Waals surface area contributed by atoms with E-state index in [2.05, 4.69) is 20.8 Å². The van der Waals surface area contributed by atoms with Gasteiger partial charge in [0.2, 0.25) is 0 Å². The molecule has 0 saturated carbocycles. The minimum Gasteiger partial charge on any atom is -0.461 e. The molecule has 4 heteroatoms. The summed E-state index contributed by atoms with van der Waals surface area (Å²) in [6, 6.07) is 0. The highest BCUT2D eigenvalue weighted by Gasteiger charge is 2.28. The zero-order valence-corrected chi connectivity index (χ0v) is 13.6. The summed E-state index contributed by atoms with van der Waals surface area (Å²) in [6.45, 7) is 11.7. The summed E-state index contributed by atoms with van der Waals surface area (Å²) in [5.41, 5.74) is 0.190. The largest absolute Gasteiger partial charge is 0.461 e. The lowest BCUT2D eigenvalue weighted by atomic mass is 9.89. The van der Waals surface area contributed by atoms with Crippen molar-refractivity contribution in [2.75, 3.05) is 13.2 Å². The zero-order chi connectivity index (χ0) is 15.2. The molecule has 0 N–H and O–H groups in total. The number of hydrogen-bond acceptors (Lipinski definition) is 4. The molecule has 0 radical (unpaired) electrons. The van der Waals surface area contributed by atoms with E-state index < -0.39 is 6.10 Å². The topological polar surface area (TPSA) is 44.8 Å².